The Bertz CT molecular complexity index is 669. The van der Waals surface area contributed by atoms with E-state index in [1.807, 2.05) is 4.90 Å². The fraction of sp³-hybridized carbons (Fsp3) is 0.562. The molecule has 124 valence electrons. The minimum absolute atomic E-state index is 0.0730. The molecule has 0 unspecified atom stereocenters. The van der Waals surface area contributed by atoms with Crippen LogP contribution in [0, 0.1) is 11.6 Å². The lowest BCUT2D eigenvalue weighted by atomic mass is 10.1. The van der Waals surface area contributed by atoms with Crippen LogP contribution in [0.15, 0.2) is 12.1 Å². The van der Waals surface area contributed by atoms with Gasteiger partial charge in [0, 0.05) is 38.0 Å². The number of rotatable bonds is 3. The van der Waals surface area contributed by atoms with Crippen LogP contribution in [0.5, 0.6) is 5.75 Å². The van der Waals surface area contributed by atoms with Gasteiger partial charge in [0.1, 0.15) is 5.75 Å². The number of halogens is 2. The van der Waals surface area contributed by atoms with Crippen molar-refractivity contribution in [1.29, 1.82) is 0 Å². The van der Waals surface area contributed by atoms with Gasteiger partial charge >= 0.3 is 0 Å². The lowest BCUT2D eigenvalue weighted by molar-refractivity contribution is -0.136. The Labute approximate surface area is 132 Å². The van der Waals surface area contributed by atoms with Crippen LogP contribution in [-0.2, 0) is 16.1 Å². The fourth-order valence-corrected chi connectivity index (χ4v) is 4.18. The average Bonchev–Trinajstić information content (AvgIpc) is 3.17. The minimum atomic E-state index is -0.893. The summed E-state index contributed by atoms with van der Waals surface area (Å²) in [5, 5.41) is 0. The van der Waals surface area contributed by atoms with Crippen molar-refractivity contribution >= 4 is 5.91 Å². The molecule has 3 fully saturated rings. The van der Waals surface area contributed by atoms with Crippen LogP contribution in [-0.4, -0.2) is 54.3 Å². The van der Waals surface area contributed by atoms with Gasteiger partial charge in [-0.1, -0.05) is 0 Å². The first-order valence-corrected chi connectivity index (χ1v) is 7.76. The average molecular weight is 324 g/mol. The van der Waals surface area contributed by atoms with Crippen molar-refractivity contribution in [3.63, 3.8) is 0 Å². The zero-order valence-electron chi connectivity index (χ0n) is 12.8. The first-order chi connectivity index (χ1) is 11.1. The third-order valence-electron chi connectivity index (χ3n) is 5.25. The van der Waals surface area contributed by atoms with Crippen molar-refractivity contribution in [2.24, 2.45) is 0 Å². The molecule has 3 aliphatic heterocycles. The quantitative estimate of drug-likeness (QED) is 0.845. The summed E-state index contributed by atoms with van der Waals surface area (Å²) in [5.74, 6) is -1.39. The van der Waals surface area contributed by atoms with Crippen molar-refractivity contribution in [2.75, 3.05) is 26.8 Å². The molecular weight excluding hydrogens is 306 g/mol. The van der Waals surface area contributed by atoms with E-state index in [4.69, 9.17) is 9.47 Å². The van der Waals surface area contributed by atoms with E-state index in [9.17, 15) is 13.6 Å². The van der Waals surface area contributed by atoms with Crippen molar-refractivity contribution in [3.8, 4) is 5.75 Å². The largest absolute Gasteiger partial charge is 0.496 e. The molecule has 1 spiro atoms. The lowest BCUT2D eigenvalue weighted by Crippen LogP contribution is -2.47. The molecule has 3 heterocycles. The maximum atomic E-state index is 14.2. The number of amides is 1. The molecule has 7 heteroatoms. The highest BCUT2D eigenvalue weighted by Gasteiger charge is 2.61. The van der Waals surface area contributed by atoms with E-state index >= 15 is 0 Å². The fourth-order valence-electron chi connectivity index (χ4n) is 4.18. The Balaban J connectivity index is 1.64. The molecule has 0 aromatic heterocycles. The second kappa shape index (κ2) is 5.14. The Kier molecular flexibility index (Phi) is 3.32. The van der Waals surface area contributed by atoms with Crippen LogP contribution >= 0.6 is 0 Å². The SMILES string of the molecule is COc1ccc(F)c(F)c1CN1CC[C@@]23OCCN2C(=O)C[C@@H]13. The Morgan fingerprint density at radius 3 is 3.00 bits per heavy atom. The van der Waals surface area contributed by atoms with E-state index in [0.717, 1.165) is 6.07 Å². The van der Waals surface area contributed by atoms with E-state index < -0.39 is 17.4 Å². The zero-order valence-corrected chi connectivity index (χ0v) is 12.8. The number of carbonyl (C=O) groups excluding carboxylic acids is 1. The highest BCUT2D eigenvalue weighted by atomic mass is 19.2. The number of carbonyl (C=O) groups is 1. The van der Waals surface area contributed by atoms with Crippen molar-refractivity contribution < 1.29 is 23.0 Å². The molecule has 1 aromatic carbocycles. The second-order valence-electron chi connectivity index (χ2n) is 6.22. The van der Waals surface area contributed by atoms with Gasteiger partial charge in [0.05, 0.1) is 19.8 Å². The molecule has 1 amide bonds. The molecule has 23 heavy (non-hydrogen) atoms. The monoisotopic (exact) mass is 324 g/mol. The van der Waals surface area contributed by atoms with Crippen LogP contribution in [0.25, 0.3) is 0 Å². The van der Waals surface area contributed by atoms with Gasteiger partial charge < -0.3 is 14.4 Å². The van der Waals surface area contributed by atoms with Gasteiger partial charge in [-0.05, 0) is 12.1 Å². The standard InChI is InChI=1S/C16H18F2N2O3/c1-22-12-3-2-11(17)15(18)10(12)9-19-5-4-16-13(19)8-14(21)20(16)6-7-23-16/h2-3,13H,4-9H2,1H3/t13-,16+/m1/s1. The molecule has 2 atom stereocenters. The van der Waals surface area contributed by atoms with Gasteiger partial charge in [-0.2, -0.15) is 0 Å². The molecule has 3 saturated heterocycles. The molecule has 3 aliphatic rings. The van der Waals surface area contributed by atoms with Gasteiger partial charge in [0.15, 0.2) is 17.4 Å². The molecular formula is C16H18F2N2O3. The first kappa shape index (κ1) is 14.8. The summed E-state index contributed by atoms with van der Waals surface area (Å²) >= 11 is 0. The van der Waals surface area contributed by atoms with E-state index in [1.165, 1.54) is 13.2 Å². The van der Waals surface area contributed by atoms with E-state index in [0.29, 0.717) is 38.3 Å². The molecule has 0 saturated carbocycles. The number of likely N-dealkylation sites (tertiary alicyclic amines) is 1. The number of hydrogen-bond donors (Lipinski definition) is 0. The van der Waals surface area contributed by atoms with Crippen molar-refractivity contribution in [1.82, 2.24) is 9.80 Å². The summed E-state index contributed by atoms with van der Waals surface area (Å²) in [4.78, 5) is 16.0. The minimum Gasteiger partial charge on any atom is -0.496 e. The summed E-state index contributed by atoms with van der Waals surface area (Å²) in [7, 11) is 1.43. The molecule has 0 aliphatic carbocycles. The van der Waals surface area contributed by atoms with E-state index in [-0.39, 0.29) is 24.1 Å². The number of methoxy groups -OCH3 is 1. The van der Waals surface area contributed by atoms with Crippen LogP contribution in [0.3, 0.4) is 0 Å². The first-order valence-electron chi connectivity index (χ1n) is 7.76. The zero-order chi connectivity index (χ0) is 16.2. The van der Waals surface area contributed by atoms with Crippen molar-refractivity contribution in [3.05, 3.63) is 29.3 Å². The van der Waals surface area contributed by atoms with Gasteiger partial charge in [-0.25, -0.2) is 8.78 Å². The molecule has 4 rings (SSSR count). The van der Waals surface area contributed by atoms with Crippen molar-refractivity contribution in [2.45, 2.75) is 31.2 Å². The molecule has 5 nitrogen and oxygen atoms in total. The summed E-state index contributed by atoms with van der Waals surface area (Å²) in [6.07, 6.45) is 1.06. The summed E-state index contributed by atoms with van der Waals surface area (Å²) < 4.78 is 38.8. The maximum absolute atomic E-state index is 14.2. The third-order valence-corrected chi connectivity index (χ3v) is 5.25. The molecule has 1 aromatic rings. The highest BCUT2D eigenvalue weighted by molar-refractivity contribution is 5.81. The number of benzene rings is 1. The second-order valence-corrected chi connectivity index (χ2v) is 6.22. The topological polar surface area (TPSA) is 42.0 Å². The van der Waals surface area contributed by atoms with Gasteiger partial charge in [0.2, 0.25) is 5.91 Å². The maximum Gasteiger partial charge on any atom is 0.226 e. The predicted octanol–water partition coefficient (Wildman–Crippen LogP) is 1.51. The Morgan fingerprint density at radius 1 is 1.39 bits per heavy atom. The number of nitrogens with zero attached hydrogens (tertiary/aromatic N) is 2. The van der Waals surface area contributed by atoms with E-state index in [1.54, 1.807) is 4.90 Å². The van der Waals surface area contributed by atoms with Gasteiger partial charge in [-0.15, -0.1) is 0 Å². The predicted molar refractivity (Wildman–Crippen MR) is 76.7 cm³/mol. The summed E-state index contributed by atoms with van der Waals surface area (Å²) in [6.45, 7) is 2.02. The summed E-state index contributed by atoms with van der Waals surface area (Å²) in [6, 6.07) is 2.37. The summed E-state index contributed by atoms with van der Waals surface area (Å²) in [5.41, 5.74) is -0.387. The molecule has 0 radical (unpaired) electrons. The van der Waals surface area contributed by atoms with E-state index in [2.05, 4.69) is 0 Å². The normalized spacial score (nSPS) is 30.0. The van der Waals surface area contributed by atoms with Gasteiger partial charge in [0.25, 0.3) is 0 Å². The van der Waals surface area contributed by atoms with Crippen LogP contribution in [0.1, 0.15) is 18.4 Å². The molecule has 0 bridgehead atoms. The highest BCUT2D eigenvalue weighted by Crippen LogP contribution is 2.46. The van der Waals surface area contributed by atoms with Gasteiger partial charge in [-0.3, -0.25) is 9.69 Å². The van der Waals surface area contributed by atoms with Crippen LogP contribution in [0.4, 0.5) is 8.78 Å². The number of ether oxygens (including phenoxy) is 2. The third kappa shape index (κ3) is 1.99. The van der Waals surface area contributed by atoms with Crippen LogP contribution < -0.4 is 4.74 Å². The smallest absolute Gasteiger partial charge is 0.226 e. The lowest BCUT2D eigenvalue weighted by Gasteiger charge is -2.31. The molecule has 0 N–H and O–H groups in total. The number of hydrogen-bond acceptors (Lipinski definition) is 4. The van der Waals surface area contributed by atoms with Crippen LogP contribution in [0.2, 0.25) is 0 Å². The Hall–Kier alpha value is -1.73. The Morgan fingerprint density at radius 2 is 2.22 bits per heavy atom.